The molecular formula is C20H20N2O3S. The number of rotatable bonds is 5. The zero-order chi connectivity index (χ0) is 17.9. The van der Waals surface area contributed by atoms with Crippen LogP contribution in [0, 0.1) is 6.92 Å². The third-order valence-corrected chi connectivity index (χ3v) is 5.26. The van der Waals surface area contributed by atoms with E-state index in [4.69, 9.17) is 9.47 Å². The smallest absolute Gasteiger partial charge is 0.255 e. The van der Waals surface area contributed by atoms with Crippen LogP contribution in [0.2, 0.25) is 0 Å². The van der Waals surface area contributed by atoms with Crippen molar-refractivity contribution in [3.63, 3.8) is 0 Å². The van der Waals surface area contributed by atoms with E-state index in [1.54, 1.807) is 23.5 Å². The standard InChI is InChI=1S/C20H20N2O3S/c1-13-21-18-9-6-15(11-19(18)26-13)22-20(23)14-4-7-16(8-5-14)25-12-17-3-2-10-24-17/h4-9,11,17H,2-3,10,12H2,1H3,(H,22,23)/t17-/m0/s1. The lowest BCUT2D eigenvalue weighted by molar-refractivity contribution is 0.0679. The van der Waals surface area contributed by atoms with Gasteiger partial charge in [-0.15, -0.1) is 11.3 Å². The summed E-state index contributed by atoms with van der Waals surface area (Å²) >= 11 is 1.62. The summed E-state index contributed by atoms with van der Waals surface area (Å²) in [5.74, 6) is 0.606. The van der Waals surface area contributed by atoms with Crippen molar-refractivity contribution in [2.24, 2.45) is 0 Å². The average Bonchev–Trinajstić information content (AvgIpc) is 3.28. The molecule has 0 bridgehead atoms. The lowest BCUT2D eigenvalue weighted by atomic mass is 10.2. The molecule has 3 aromatic rings. The van der Waals surface area contributed by atoms with Gasteiger partial charge < -0.3 is 14.8 Å². The zero-order valence-corrected chi connectivity index (χ0v) is 15.3. The van der Waals surface area contributed by atoms with Crippen molar-refractivity contribution in [2.45, 2.75) is 25.9 Å². The van der Waals surface area contributed by atoms with E-state index in [1.165, 1.54) is 0 Å². The zero-order valence-electron chi connectivity index (χ0n) is 14.5. The number of nitrogens with zero attached hydrogens (tertiary/aromatic N) is 1. The van der Waals surface area contributed by atoms with Crippen LogP contribution < -0.4 is 10.1 Å². The highest BCUT2D eigenvalue weighted by molar-refractivity contribution is 7.18. The van der Waals surface area contributed by atoms with Gasteiger partial charge in [0, 0.05) is 17.9 Å². The molecule has 0 saturated carbocycles. The Bertz CT molecular complexity index is 914. The van der Waals surface area contributed by atoms with E-state index in [0.717, 1.165) is 46.1 Å². The Kier molecular flexibility index (Phi) is 4.86. The van der Waals surface area contributed by atoms with Gasteiger partial charge in [-0.25, -0.2) is 4.98 Å². The molecule has 1 aliphatic rings. The molecule has 4 rings (SSSR count). The number of carbonyl (C=O) groups excluding carboxylic acids is 1. The normalized spacial score (nSPS) is 16.7. The first kappa shape index (κ1) is 17.0. The molecule has 1 N–H and O–H groups in total. The van der Waals surface area contributed by atoms with Crippen LogP contribution in [0.25, 0.3) is 10.2 Å². The SMILES string of the molecule is Cc1nc2ccc(NC(=O)c3ccc(OC[C@@H]4CCCO4)cc3)cc2s1. The molecule has 1 amide bonds. The van der Waals surface area contributed by atoms with Gasteiger partial charge in [0.2, 0.25) is 0 Å². The summed E-state index contributed by atoms with van der Waals surface area (Å²) in [7, 11) is 0. The fourth-order valence-corrected chi connectivity index (χ4v) is 3.85. The van der Waals surface area contributed by atoms with Crippen molar-refractivity contribution in [1.82, 2.24) is 4.98 Å². The number of ether oxygens (including phenoxy) is 2. The van der Waals surface area contributed by atoms with E-state index >= 15 is 0 Å². The molecule has 0 radical (unpaired) electrons. The second kappa shape index (κ2) is 7.43. The van der Waals surface area contributed by atoms with Crippen LogP contribution in [0.1, 0.15) is 28.2 Å². The molecule has 2 heterocycles. The van der Waals surface area contributed by atoms with Gasteiger partial charge in [0.25, 0.3) is 5.91 Å². The molecule has 134 valence electrons. The van der Waals surface area contributed by atoms with Gasteiger partial charge >= 0.3 is 0 Å². The minimum Gasteiger partial charge on any atom is -0.491 e. The van der Waals surface area contributed by atoms with Crippen LogP contribution in [0.15, 0.2) is 42.5 Å². The van der Waals surface area contributed by atoms with Gasteiger partial charge in [0.05, 0.1) is 21.3 Å². The summed E-state index contributed by atoms with van der Waals surface area (Å²) < 4.78 is 12.3. The Labute approximate surface area is 156 Å². The molecule has 0 aliphatic carbocycles. The lowest BCUT2D eigenvalue weighted by Crippen LogP contribution is -2.16. The number of benzene rings is 2. The number of aryl methyl sites for hydroxylation is 1. The van der Waals surface area contributed by atoms with E-state index in [2.05, 4.69) is 10.3 Å². The molecule has 1 aliphatic heterocycles. The number of fused-ring (bicyclic) bond motifs is 1. The maximum Gasteiger partial charge on any atom is 0.255 e. The number of nitrogens with one attached hydrogen (secondary N) is 1. The Morgan fingerprint density at radius 2 is 2.15 bits per heavy atom. The first-order chi connectivity index (χ1) is 12.7. The number of amides is 1. The Balaban J connectivity index is 1.38. The second-order valence-electron chi connectivity index (χ2n) is 6.34. The molecule has 1 atom stereocenters. The van der Waals surface area contributed by atoms with Crippen molar-refractivity contribution in [3.05, 3.63) is 53.0 Å². The third kappa shape index (κ3) is 3.86. The number of thiazole rings is 1. The monoisotopic (exact) mass is 368 g/mol. The summed E-state index contributed by atoms with van der Waals surface area (Å²) in [5.41, 5.74) is 2.32. The number of aromatic nitrogens is 1. The average molecular weight is 368 g/mol. The predicted molar refractivity (Wildman–Crippen MR) is 103 cm³/mol. The van der Waals surface area contributed by atoms with Gasteiger partial charge in [-0.2, -0.15) is 0 Å². The molecule has 0 spiro atoms. The molecule has 26 heavy (non-hydrogen) atoms. The fraction of sp³-hybridized carbons (Fsp3) is 0.300. The molecule has 2 aromatic carbocycles. The summed E-state index contributed by atoms with van der Waals surface area (Å²) in [6, 6.07) is 12.9. The maximum atomic E-state index is 12.4. The molecular weight excluding hydrogens is 348 g/mol. The number of hydrogen-bond donors (Lipinski definition) is 1. The van der Waals surface area contributed by atoms with Gasteiger partial charge in [-0.1, -0.05) is 0 Å². The molecule has 1 fully saturated rings. The number of carbonyl (C=O) groups is 1. The molecule has 6 heteroatoms. The molecule has 1 aromatic heterocycles. The van der Waals surface area contributed by atoms with Crippen LogP contribution in [0.3, 0.4) is 0 Å². The van der Waals surface area contributed by atoms with Crippen LogP contribution >= 0.6 is 11.3 Å². The van der Waals surface area contributed by atoms with E-state index in [-0.39, 0.29) is 12.0 Å². The summed E-state index contributed by atoms with van der Waals surface area (Å²) in [5, 5.41) is 3.95. The van der Waals surface area contributed by atoms with E-state index in [0.29, 0.717) is 12.2 Å². The highest BCUT2D eigenvalue weighted by Crippen LogP contribution is 2.25. The van der Waals surface area contributed by atoms with Gasteiger partial charge in [-0.3, -0.25) is 4.79 Å². The van der Waals surface area contributed by atoms with Crippen LogP contribution in [0.5, 0.6) is 5.75 Å². The van der Waals surface area contributed by atoms with Crippen molar-refractivity contribution < 1.29 is 14.3 Å². The first-order valence-corrected chi connectivity index (χ1v) is 9.52. The Hall–Kier alpha value is -2.44. The minimum atomic E-state index is -0.142. The number of anilines is 1. The quantitative estimate of drug-likeness (QED) is 0.724. The van der Waals surface area contributed by atoms with E-state index < -0.39 is 0 Å². The Morgan fingerprint density at radius 1 is 1.31 bits per heavy atom. The Morgan fingerprint density at radius 3 is 2.92 bits per heavy atom. The van der Waals surface area contributed by atoms with Crippen molar-refractivity contribution in [3.8, 4) is 5.75 Å². The summed E-state index contributed by atoms with van der Waals surface area (Å²) in [6.07, 6.45) is 2.33. The summed E-state index contributed by atoms with van der Waals surface area (Å²) in [6.45, 7) is 3.35. The highest BCUT2D eigenvalue weighted by atomic mass is 32.1. The predicted octanol–water partition coefficient (Wildman–Crippen LogP) is 4.41. The minimum absolute atomic E-state index is 0.142. The highest BCUT2D eigenvalue weighted by Gasteiger charge is 2.16. The van der Waals surface area contributed by atoms with E-state index in [9.17, 15) is 4.79 Å². The largest absolute Gasteiger partial charge is 0.491 e. The van der Waals surface area contributed by atoms with Crippen molar-refractivity contribution in [2.75, 3.05) is 18.5 Å². The van der Waals surface area contributed by atoms with Crippen LogP contribution in [-0.2, 0) is 4.74 Å². The van der Waals surface area contributed by atoms with Crippen LogP contribution in [-0.4, -0.2) is 30.2 Å². The van der Waals surface area contributed by atoms with E-state index in [1.807, 2.05) is 37.3 Å². The third-order valence-electron chi connectivity index (χ3n) is 4.33. The molecule has 1 saturated heterocycles. The number of hydrogen-bond acceptors (Lipinski definition) is 5. The van der Waals surface area contributed by atoms with Gasteiger partial charge in [0.15, 0.2) is 0 Å². The second-order valence-corrected chi connectivity index (χ2v) is 7.57. The van der Waals surface area contributed by atoms with Gasteiger partial charge in [0.1, 0.15) is 12.4 Å². The van der Waals surface area contributed by atoms with Crippen molar-refractivity contribution in [1.29, 1.82) is 0 Å². The fourth-order valence-electron chi connectivity index (χ4n) is 2.99. The van der Waals surface area contributed by atoms with Gasteiger partial charge in [-0.05, 0) is 62.2 Å². The lowest BCUT2D eigenvalue weighted by Gasteiger charge is -2.11. The van der Waals surface area contributed by atoms with Crippen LogP contribution in [0.4, 0.5) is 5.69 Å². The first-order valence-electron chi connectivity index (χ1n) is 8.70. The van der Waals surface area contributed by atoms with Crippen molar-refractivity contribution >= 4 is 33.1 Å². The topological polar surface area (TPSA) is 60.5 Å². The molecule has 0 unspecified atom stereocenters. The maximum absolute atomic E-state index is 12.4. The molecule has 5 nitrogen and oxygen atoms in total. The summed E-state index contributed by atoms with van der Waals surface area (Å²) in [4.78, 5) is 16.9.